The van der Waals surface area contributed by atoms with E-state index < -0.39 is 35.3 Å². The monoisotopic (exact) mass is 514 g/mol. The Bertz CT molecular complexity index is 1170. The van der Waals surface area contributed by atoms with Crippen LogP contribution in [0.15, 0.2) is 41.3 Å². The van der Waals surface area contributed by atoms with E-state index in [0.29, 0.717) is 40.3 Å². The van der Waals surface area contributed by atoms with Crippen LogP contribution in [0.25, 0.3) is 6.08 Å². The van der Waals surface area contributed by atoms with Gasteiger partial charge in [0.05, 0.1) is 29.2 Å². The highest BCUT2D eigenvalue weighted by atomic mass is 35.5. The van der Waals surface area contributed by atoms with Gasteiger partial charge in [-0.3, -0.25) is 19.3 Å². The lowest BCUT2D eigenvalue weighted by atomic mass is 10.1. The number of hydrogen-bond donors (Lipinski definition) is 1. The molecule has 0 spiro atoms. The van der Waals surface area contributed by atoms with Crippen molar-refractivity contribution in [3.63, 3.8) is 0 Å². The number of nitrogens with one attached hydrogen (secondary N) is 1. The first kappa shape index (κ1) is 25.4. The topological polar surface area (TPSA) is 84.9 Å². The first-order chi connectivity index (χ1) is 16.0. The Morgan fingerprint density at radius 3 is 2.59 bits per heavy atom. The van der Waals surface area contributed by atoms with Crippen molar-refractivity contribution in [1.29, 1.82) is 0 Å². The Hall–Kier alpha value is -3.18. The minimum atomic E-state index is -4.58. The average Bonchev–Trinajstić information content (AvgIpc) is 3.02. The van der Waals surface area contributed by atoms with E-state index in [1.807, 2.05) is 0 Å². The smallest absolute Gasteiger partial charge is 0.416 e. The Kier molecular flexibility index (Phi) is 7.78. The summed E-state index contributed by atoms with van der Waals surface area (Å²) < 4.78 is 49.2. The lowest BCUT2D eigenvalue weighted by molar-refractivity contribution is -0.137. The standard InChI is InChI=1S/C22H18ClF3N2O5S/c1-3-33-17-10-15(23)12(7-16(17)32-2)8-18-20(30)28(21(31)34-18)11-19(29)27-14-6-4-5-13(9-14)22(24,25)26/h4-10H,3,11H2,1-2H3,(H,27,29)/b18-8-. The number of carbonyl (C=O) groups is 3. The van der Waals surface area contributed by atoms with Gasteiger partial charge in [0.15, 0.2) is 11.5 Å². The number of nitrogens with zero attached hydrogens (tertiary/aromatic N) is 1. The van der Waals surface area contributed by atoms with Gasteiger partial charge in [-0.1, -0.05) is 17.7 Å². The molecular weight excluding hydrogens is 497 g/mol. The molecule has 0 bridgehead atoms. The van der Waals surface area contributed by atoms with E-state index in [4.69, 9.17) is 21.1 Å². The van der Waals surface area contributed by atoms with E-state index >= 15 is 0 Å². The summed E-state index contributed by atoms with van der Waals surface area (Å²) in [5, 5.41) is 1.81. The van der Waals surface area contributed by atoms with E-state index in [1.54, 1.807) is 13.0 Å². The number of methoxy groups -OCH3 is 1. The Balaban J connectivity index is 1.75. The van der Waals surface area contributed by atoms with Crippen LogP contribution in [0.5, 0.6) is 11.5 Å². The summed E-state index contributed by atoms with van der Waals surface area (Å²) in [4.78, 5) is 38.1. The van der Waals surface area contributed by atoms with Crippen LogP contribution in [0.3, 0.4) is 0 Å². The molecule has 34 heavy (non-hydrogen) atoms. The second-order valence-electron chi connectivity index (χ2n) is 6.85. The van der Waals surface area contributed by atoms with Crippen molar-refractivity contribution in [1.82, 2.24) is 4.90 Å². The van der Waals surface area contributed by atoms with Crippen molar-refractivity contribution < 1.29 is 37.0 Å². The number of benzene rings is 2. The quantitative estimate of drug-likeness (QED) is 0.495. The molecule has 2 aromatic rings. The number of carbonyl (C=O) groups excluding carboxylic acids is 3. The lowest BCUT2D eigenvalue weighted by Crippen LogP contribution is -2.36. The average molecular weight is 515 g/mol. The third-order valence-electron chi connectivity index (χ3n) is 4.52. The molecule has 0 unspecified atom stereocenters. The summed E-state index contributed by atoms with van der Waals surface area (Å²) in [6.07, 6.45) is -3.20. The number of rotatable bonds is 7. The molecule has 0 saturated carbocycles. The first-order valence-corrected chi connectivity index (χ1v) is 11.0. The van der Waals surface area contributed by atoms with Gasteiger partial charge in [0.2, 0.25) is 5.91 Å². The fourth-order valence-corrected chi connectivity index (χ4v) is 4.02. The maximum Gasteiger partial charge on any atom is 0.416 e. The largest absolute Gasteiger partial charge is 0.493 e. The highest BCUT2D eigenvalue weighted by molar-refractivity contribution is 8.18. The predicted octanol–water partition coefficient (Wildman–Crippen LogP) is 5.44. The number of hydrogen-bond acceptors (Lipinski definition) is 6. The molecule has 0 aromatic heterocycles. The zero-order valence-electron chi connectivity index (χ0n) is 17.9. The van der Waals surface area contributed by atoms with E-state index in [1.165, 1.54) is 25.3 Å². The van der Waals surface area contributed by atoms with Gasteiger partial charge < -0.3 is 14.8 Å². The van der Waals surface area contributed by atoms with E-state index in [-0.39, 0.29) is 15.6 Å². The zero-order valence-corrected chi connectivity index (χ0v) is 19.4. The number of ether oxygens (including phenoxy) is 2. The highest BCUT2D eigenvalue weighted by Crippen LogP contribution is 2.38. The molecule has 0 aliphatic carbocycles. The lowest BCUT2D eigenvalue weighted by Gasteiger charge is -2.13. The molecular formula is C22H18ClF3N2O5S. The summed E-state index contributed by atoms with van der Waals surface area (Å²) in [6, 6.07) is 7.08. The number of alkyl halides is 3. The van der Waals surface area contributed by atoms with Gasteiger partial charge >= 0.3 is 6.18 Å². The van der Waals surface area contributed by atoms with Gasteiger partial charge in [0.1, 0.15) is 6.54 Å². The molecule has 1 heterocycles. The van der Waals surface area contributed by atoms with Crippen molar-refractivity contribution in [3.8, 4) is 11.5 Å². The van der Waals surface area contributed by atoms with Crippen LogP contribution in [-0.4, -0.2) is 42.2 Å². The van der Waals surface area contributed by atoms with Crippen LogP contribution in [0.4, 0.5) is 23.7 Å². The van der Waals surface area contributed by atoms with Crippen LogP contribution < -0.4 is 14.8 Å². The number of amides is 3. The molecule has 180 valence electrons. The first-order valence-electron chi connectivity index (χ1n) is 9.76. The minimum Gasteiger partial charge on any atom is -0.493 e. The van der Waals surface area contributed by atoms with Crippen molar-refractivity contribution in [2.45, 2.75) is 13.1 Å². The number of thioether (sulfide) groups is 1. The van der Waals surface area contributed by atoms with Gasteiger partial charge in [-0.2, -0.15) is 13.2 Å². The summed E-state index contributed by atoms with van der Waals surface area (Å²) in [7, 11) is 1.44. The SMILES string of the molecule is CCOc1cc(Cl)c(/C=C2\SC(=O)N(CC(=O)Nc3cccc(C(F)(F)F)c3)C2=O)cc1OC. The number of halogens is 4. The summed E-state index contributed by atoms with van der Waals surface area (Å²) in [5.41, 5.74) is -0.668. The van der Waals surface area contributed by atoms with Gasteiger partial charge in [-0.15, -0.1) is 0 Å². The van der Waals surface area contributed by atoms with Gasteiger partial charge in [-0.25, -0.2) is 0 Å². The van der Waals surface area contributed by atoms with Gasteiger partial charge in [0.25, 0.3) is 11.1 Å². The molecule has 3 rings (SSSR count). The molecule has 1 aliphatic heterocycles. The predicted molar refractivity (Wildman–Crippen MR) is 122 cm³/mol. The van der Waals surface area contributed by atoms with Crippen LogP contribution in [-0.2, 0) is 15.8 Å². The zero-order chi connectivity index (χ0) is 25.0. The van der Waals surface area contributed by atoms with E-state index in [0.717, 1.165) is 18.2 Å². The van der Waals surface area contributed by atoms with Crippen LogP contribution in [0.1, 0.15) is 18.1 Å². The van der Waals surface area contributed by atoms with Crippen molar-refractivity contribution >= 4 is 52.2 Å². The normalized spacial score (nSPS) is 15.1. The van der Waals surface area contributed by atoms with Crippen molar-refractivity contribution in [2.24, 2.45) is 0 Å². The molecule has 0 radical (unpaired) electrons. The Morgan fingerprint density at radius 2 is 1.94 bits per heavy atom. The van der Waals surface area contributed by atoms with Crippen LogP contribution in [0, 0.1) is 0 Å². The minimum absolute atomic E-state index is 0.0185. The number of anilines is 1. The molecule has 12 heteroatoms. The Morgan fingerprint density at radius 1 is 1.21 bits per heavy atom. The third kappa shape index (κ3) is 5.84. The summed E-state index contributed by atoms with van der Waals surface area (Å²) in [6.45, 7) is 1.51. The highest BCUT2D eigenvalue weighted by Gasteiger charge is 2.36. The fraction of sp³-hybridized carbons (Fsp3) is 0.227. The second-order valence-corrected chi connectivity index (χ2v) is 8.25. The summed E-state index contributed by atoms with van der Waals surface area (Å²) in [5.74, 6) is -0.787. The van der Waals surface area contributed by atoms with Crippen molar-refractivity contribution in [3.05, 3.63) is 57.5 Å². The van der Waals surface area contributed by atoms with Crippen LogP contribution in [0.2, 0.25) is 5.02 Å². The summed E-state index contributed by atoms with van der Waals surface area (Å²) >= 11 is 6.88. The van der Waals surface area contributed by atoms with E-state index in [9.17, 15) is 27.6 Å². The Labute approximate surface area is 201 Å². The fourth-order valence-electron chi connectivity index (χ4n) is 2.98. The molecule has 1 N–H and O–H groups in total. The van der Waals surface area contributed by atoms with Crippen LogP contribution >= 0.6 is 23.4 Å². The molecule has 0 atom stereocenters. The molecule has 3 amide bonds. The number of imide groups is 1. The molecule has 1 saturated heterocycles. The maximum absolute atomic E-state index is 12.9. The molecule has 7 nitrogen and oxygen atoms in total. The third-order valence-corrected chi connectivity index (χ3v) is 5.75. The van der Waals surface area contributed by atoms with Crippen molar-refractivity contribution in [2.75, 3.05) is 25.6 Å². The molecule has 1 aliphatic rings. The molecule has 1 fully saturated rings. The van der Waals surface area contributed by atoms with Gasteiger partial charge in [-0.05, 0) is 54.6 Å². The maximum atomic E-state index is 12.9. The van der Waals surface area contributed by atoms with E-state index in [2.05, 4.69) is 5.32 Å². The van der Waals surface area contributed by atoms with Gasteiger partial charge in [0, 0.05) is 11.8 Å². The molecule has 2 aromatic carbocycles. The second kappa shape index (κ2) is 10.4.